The highest BCUT2D eigenvalue weighted by molar-refractivity contribution is 7.92. The van der Waals surface area contributed by atoms with Gasteiger partial charge in [0.05, 0.1) is 18.0 Å². The SMILES string of the molecule is Cc1cc(-c2ccc(CCC(=O)O)cc2)ccc1OCCNCC(O)c1ccc(O)c(NS(C)(=O)=O)c1. The van der Waals surface area contributed by atoms with Crippen LogP contribution in [-0.4, -0.2) is 55.7 Å². The number of ether oxygens (including phenoxy) is 1. The number of hydrogen-bond acceptors (Lipinski definition) is 7. The highest BCUT2D eigenvalue weighted by atomic mass is 32.2. The first-order valence-electron chi connectivity index (χ1n) is 11.8. The minimum Gasteiger partial charge on any atom is -0.506 e. The van der Waals surface area contributed by atoms with E-state index in [-0.39, 0.29) is 24.4 Å². The number of phenols is 1. The summed E-state index contributed by atoms with van der Waals surface area (Å²) in [5.41, 5.74) is 4.50. The summed E-state index contributed by atoms with van der Waals surface area (Å²) in [7, 11) is -3.56. The van der Waals surface area contributed by atoms with Gasteiger partial charge in [-0.2, -0.15) is 0 Å². The lowest BCUT2D eigenvalue weighted by Gasteiger charge is -2.15. The topological polar surface area (TPSA) is 145 Å². The Bertz CT molecular complexity index is 1330. The van der Waals surface area contributed by atoms with E-state index >= 15 is 0 Å². The summed E-state index contributed by atoms with van der Waals surface area (Å²) in [6.45, 7) is 3.03. The molecule has 0 amide bonds. The average molecular weight is 529 g/mol. The fraction of sp³-hybridized carbons (Fsp3) is 0.296. The summed E-state index contributed by atoms with van der Waals surface area (Å²) >= 11 is 0. The molecule has 0 bridgehead atoms. The van der Waals surface area contributed by atoms with E-state index in [1.54, 1.807) is 0 Å². The number of aliphatic hydroxyl groups excluding tert-OH is 1. The van der Waals surface area contributed by atoms with Gasteiger partial charge in [0.15, 0.2) is 0 Å². The van der Waals surface area contributed by atoms with Gasteiger partial charge >= 0.3 is 5.97 Å². The van der Waals surface area contributed by atoms with E-state index in [9.17, 15) is 23.4 Å². The second-order valence-corrected chi connectivity index (χ2v) is 10.5. The molecule has 0 aliphatic heterocycles. The fourth-order valence-electron chi connectivity index (χ4n) is 3.74. The predicted octanol–water partition coefficient (Wildman–Crippen LogP) is 3.46. The van der Waals surface area contributed by atoms with Crippen LogP contribution in [0.25, 0.3) is 11.1 Å². The van der Waals surface area contributed by atoms with Crippen LogP contribution in [0.1, 0.15) is 29.2 Å². The lowest BCUT2D eigenvalue weighted by molar-refractivity contribution is -0.136. The molecule has 37 heavy (non-hydrogen) atoms. The summed E-state index contributed by atoms with van der Waals surface area (Å²) in [6.07, 6.45) is 0.690. The van der Waals surface area contributed by atoms with Gasteiger partial charge in [-0.15, -0.1) is 0 Å². The number of carboxylic acid groups (broad SMARTS) is 1. The highest BCUT2D eigenvalue weighted by Gasteiger charge is 2.13. The molecule has 10 heteroatoms. The van der Waals surface area contributed by atoms with Crippen molar-refractivity contribution in [1.29, 1.82) is 0 Å². The molecule has 198 valence electrons. The minimum atomic E-state index is -3.56. The number of rotatable bonds is 13. The van der Waals surface area contributed by atoms with Crippen LogP contribution in [0.5, 0.6) is 11.5 Å². The normalized spacial score (nSPS) is 12.2. The van der Waals surface area contributed by atoms with Crippen LogP contribution in [0, 0.1) is 6.92 Å². The molecule has 3 aromatic carbocycles. The molecule has 0 saturated carbocycles. The molecule has 0 aromatic heterocycles. The standard InChI is InChI=1S/C27H32N2O7S/c1-18-15-21(20-6-3-19(4-7-20)5-12-27(32)33)9-11-26(18)36-14-13-28-17-25(31)22-8-10-24(30)23(16-22)29-37(2,34)35/h3-4,6-11,15-16,25,28-31H,5,12-14,17H2,1-2H3,(H,32,33). The Balaban J connectivity index is 1.47. The van der Waals surface area contributed by atoms with Gasteiger partial charge in [0, 0.05) is 19.5 Å². The second-order valence-electron chi connectivity index (χ2n) is 8.79. The van der Waals surface area contributed by atoms with Crippen molar-refractivity contribution in [3.8, 4) is 22.6 Å². The maximum Gasteiger partial charge on any atom is 0.303 e. The monoisotopic (exact) mass is 528 g/mol. The number of nitrogens with one attached hydrogen (secondary N) is 2. The Hall–Kier alpha value is -3.60. The van der Waals surface area contributed by atoms with E-state index in [0.29, 0.717) is 25.1 Å². The van der Waals surface area contributed by atoms with Gasteiger partial charge in [-0.1, -0.05) is 36.4 Å². The van der Waals surface area contributed by atoms with Crippen molar-refractivity contribution in [3.05, 3.63) is 77.4 Å². The van der Waals surface area contributed by atoms with Crippen molar-refractivity contribution in [2.45, 2.75) is 25.9 Å². The van der Waals surface area contributed by atoms with Crippen LogP contribution >= 0.6 is 0 Å². The predicted molar refractivity (Wildman–Crippen MR) is 142 cm³/mol. The van der Waals surface area contributed by atoms with Gasteiger partial charge in [-0.05, 0) is 65.4 Å². The van der Waals surface area contributed by atoms with Gasteiger partial charge in [-0.3, -0.25) is 9.52 Å². The third kappa shape index (κ3) is 8.78. The number of aliphatic carboxylic acids is 1. The van der Waals surface area contributed by atoms with Crippen LogP contribution in [0.15, 0.2) is 60.7 Å². The number of sulfonamides is 1. The highest BCUT2D eigenvalue weighted by Crippen LogP contribution is 2.28. The molecule has 0 radical (unpaired) electrons. The first kappa shape index (κ1) is 28.0. The van der Waals surface area contributed by atoms with Gasteiger partial charge in [0.1, 0.15) is 18.1 Å². The maximum atomic E-state index is 11.4. The van der Waals surface area contributed by atoms with E-state index in [4.69, 9.17) is 9.84 Å². The molecular weight excluding hydrogens is 496 g/mol. The van der Waals surface area contributed by atoms with Crippen molar-refractivity contribution >= 4 is 21.7 Å². The number of anilines is 1. The van der Waals surface area contributed by atoms with Crippen LogP contribution < -0.4 is 14.8 Å². The molecule has 5 N–H and O–H groups in total. The second kappa shape index (κ2) is 12.6. The number of benzene rings is 3. The molecule has 1 unspecified atom stereocenters. The lowest BCUT2D eigenvalue weighted by Crippen LogP contribution is -2.26. The summed E-state index contributed by atoms with van der Waals surface area (Å²) in [6, 6.07) is 18.0. The molecule has 1 atom stereocenters. The number of aryl methyl sites for hydroxylation is 2. The number of aliphatic hydroxyl groups is 1. The van der Waals surface area contributed by atoms with Crippen molar-refractivity contribution in [1.82, 2.24) is 5.32 Å². The maximum absolute atomic E-state index is 11.4. The van der Waals surface area contributed by atoms with E-state index < -0.39 is 22.1 Å². The number of carboxylic acids is 1. The average Bonchev–Trinajstić information content (AvgIpc) is 2.84. The Morgan fingerprint density at radius 1 is 1.03 bits per heavy atom. The first-order chi connectivity index (χ1) is 17.5. The third-order valence-corrected chi connectivity index (χ3v) is 6.26. The van der Waals surface area contributed by atoms with Crippen LogP contribution in [0.3, 0.4) is 0 Å². The molecule has 9 nitrogen and oxygen atoms in total. The zero-order chi connectivity index (χ0) is 27.0. The van der Waals surface area contributed by atoms with Gasteiger partial charge in [-0.25, -0.2) is 8.42 Å². The zero-order valence-electron chi connectivity index (χ0n) is 20.8. The Labute approximate surface area is 216 Å². The quantitative estimate of drug-likeness (QED) is 0.168. The molecule has 0 aliphatic rings. The molecule has 0 heterocycles. The number of phenolic OH excluding ortho intramolecular Hbond substituents is 1. The number of aromatic hydroxyl groups is 1. The fourth-order valence-corrected chi connectivity index (χ4v) is 4.30. The molecule has 0 saturated heterocycles. The van der Waals surface area contributed by atoms with Crippen molar-refractivity contribution in [2.75, 3.05) is 30.7 Å². The molecule has 0 fully saturated rings. The Morgan fingerprint density at radius 3 is 2.38 bits per heavy atom. The minimum absolute atomic E-state index is 0.00966. The first-order valence-corrected chi connectivity index (χ1v) is 13.6. The van der Waals surface area contributed by atoms with Crippen molar-refractivity contribution in [2.24, 2.45) is 0 Å². The zero-order valence-corrected chi connectivity index (χ0v) is 21.6. The van der Waals surface area contributed by atoms with Gasteiger partial charge < -0.3 is 25.4 Å². The molecular formula is C27H32N2O7S. The van der Waals surface area contributed by atoms with Crippen molar-refractivity contribution < 1.29 is 33.3 Å². The van der Waals surface area contributed by atoms with E-state index in [1.807, 2.05) is 49.4 Å². The summed E-state index contributed by atoms with van der Waals surface area (Å²) in [5.74, 6) is -0.284. The molecule has 0 aliphatic carbocycles. The molecule has 3 rings (SSSR count). The van der Waals surface area contributed by atoms with E-state index in [2.05, 4.69) is 10.0 Å². The molecule has 3 aromatic rings. The summed E-state index contributed by atoms with van der Waals surface area (Å²) in [5, 5.41) is 32.2. The summed E-state index contributed by atoms with van der Waals surface area (Å²) in [4.78, 5) is 10.7. The van der Waals surface area contributed by atoms with E-state index in [1.165, 1.54) is 18.2 Å². The van der Waals surface area contributed by atoms with Crippen LogP contribution in [-0.2, 0) is 21.2 Å². The number of carbonyl (C=O) groups is 1. The third-order valence-electron chi connectivity index (χ3n) is 5.66. The smallest absolute Gasteiger partial charge is 0.303 e. The largest absolute Gasteiger partial charge is 0.506 e. The lowest BCUT2D eigenvalue weighted by atomic mass is 10.0. The van der Waals surface area contributed by atoms with Crippen molar-refractivity contribution in [3.63, 3.8) is 0 Å². The number of hydrogen-bond donors (Lipinski definition) is 5. The van der Waals surface area contributed by atoms with Crippen LogP contribution in [0.2, 0.25) is 0 Å². The molecule has 0 spiro atoms. The van der Waals surface area contributed by atoms with E-state index in [0.717, 1.165) is 34.3 Å². The van der Waals surface area contributed by atoms with Gasteiger partial charge in [0.2, 0.25) is 10.0 Å². The Morgan fingerprint density at radius 2 is 1.73 bits per heavy atom. The Kier molecular flexibility index (Phi) is 9.51. The van der Waals surface area contributed by atoms with Crippen LogP contribution in [0.4, 0.5) is 5.69 Å². The summed E-state index contributed by atoms with van der Waals surface area (Å²) < 4.78 is 31.0. The van der Waals surface area contributed by atoms with Gasteiger partial charge in [0.25, 0.3) is 0 Å².